The number of amides is 1. The Morgan fingerprint density at radius 2 is 1.85 bits per heavy atom. The number of benzene rings is 2. The first kappa shape index (κ1) is 17.4. The monoisotopic (exact) mass is 353 g/mol. The molecule has 0 radical (unpaired) electrons. The van der Waals surface area contributed by atoms with Gasteiger partial charge in [0.05, 0.1) is 19.3 Å². The summed E-state index contributed by atoms with van der Waals surface area (Å²) in [7, 11) is 1.59. The Bertz CT molecular complexity index is 877. The van der Waals surface area contributed by atoms with Crippen molar-refractivity contribution >= 4 is 5.91 Å². The summed E-state index contributed by atoms with van der Waals surface area (Å²) in [6, 6.07) is 14.4. The summed E-state index contributed by atoms with van der Waals surface area (Å²) in [6.45, 7) is 2.53. The highest BCUT2D eigenvalue weighted by Crippen LogP contribution is 2.25. The topological polar surface area (TPSA) is 91.2 Å². The summed E-state index contributed by atoms with van der Waals surface area (Å²) in [6.07, 6.45) is 0. The van der Waals surface area contributed by atoms with E-state index >= 15 is 0 Å². The first-order valence-electron chi connectivity index (χ1n) is 8.08. The van der Waals surface area contributed by atoms with Crippen molar-refractivity contribution in [3.8, 4) is 17.2 Å². The van der Waals surface area contributed by atoms with Gasteiger partial charge in [0, 0.05) is 5.56 Å². The lowest BCUT2D eigenvalue weighted by Gasteiger charge is -2.11. The molecule has 0 saturated heterocycles. The molecule has 0 spiro atoms. The second-order valence-electron chi connectivity index (χ2n) is 5.44. The predicted octanol–water partition coefficient (Wildman–Crippen LogP) is 1.79. The van der Waals surface area contributed by atoms with Gasteiger partial charge in [-0.3, -0.25) is 4.79 Å². The van der Waals surface area contributed by atoms with Gasteiger partial charge >= 0.3 is 0 Å². The quantitative estimate of drug-likeness (QED) is 0.651. The van der Waals surface area contributed by atoms with Crippen molar-refractivity contribution in [1.29, 1.82) is 0 Å². The maximum absolute atomic E-state index is 12.2. The highest BCUT2D eigenvalue weighted by molar-refractivity contribution is 5.94. The van der Waals surface area contributed by atoms with E-state index in [-0.39, 0.29) is 5.91 Å². The van der Waals surface area contributed by atoms with Crippen molar-refractivity contribution in [3.05, 3.63) is 59.9 Å². The molecule has 134 valence electrons. The van der Waals surface area contributed by atoms with E-state index in [1.165, 1.54) is 0 Å². The third kappa shape index (κ3) is 3.97. The molecule has 0 saturated carbocycles. The summed E-state index contributed by atoms with van der Waals surface area (Å²) in [4.78, 5) is 12.2. The second kappa shape index (κ2) is 8.11. The van der Waals surface area contributed by atoms with Crippen LogP contribution in [0.2, 0.25) is 0 Å². The molecular weight excluding hydrogens is 334 g/mol. The molecule has 0 fully saturated rings. The molecule has 2 aromatic carbocycles. The standard InChI is InChI=1S/C18H19N5O3/c1-13-20-21-22-23(13)15-9-7-14(8-10-15)18(24)19-11-12-26-17-6-4-3-5-16(17)25-2/h3-10H,11-12H2,1-2H3,(H,19,24). The summed E-state index contributed by atoms with van der Waals surface area (Å²) in [5.74, 6) is 1.81. The molecule has 3 aromatic rings. The number of nitrogens with one attached hydrogen (secondary N) is 1. The number of hydrogen-bond acceptors (Lipinski definition) is 6. The van der Waals surface area contributed by atoms with Crippen LogP contribution in [0, 0.1) is 6.92 Å². The minimum atomic E-state index is -0.173. The summed E-state index contributed by atoms with van der Waals surface area (Å²) < 4.78 is 12.4. The zero-order valence-electron chi connectivity index (χ0n) is 14.5. The molecule has 8 nitrogen and oxygen atoms in total. The molecule has 1 heterocycles. The number of rotatable bonds is 7. The van der Waals surface area contributed by atoms with Crippen LogP contribution in [0.1, 0.15) is 16.2 Å². The van der Waals surface area contributed by atoms with E-state index in [9.17, 15) is 4.79 Å². The Labute approximate surface area is 150 Å². The Morgan fingerprint density at radius 3 is 2.50 bits per heavy atom. The van der Waals surface area contributed by atoms with Gasteiger partial charge in [-0.25, -0.2) is 0 Å². The Balaban J connectivity index is 1.51. The summed E-state index contributed by atoms with van der Waals surface area (Å²) >= 11 is 0. The van der Waals surface area contributed by atoms with Gasteiger partial charge in [0.15, 0.2) is 17.3 Å². The number of carbonyl (C=O) groups is 1. The minimum absolute atomic E-state index is 0.173. The largest absolute Gasteiger partial charge is 0.493 e. The van der Waals surface area contributed by atoms with Crippen LogP contribution in [0.4, 0.5) is 0 Å². The molecule has 1 N–H and O–H groups in total. The maximum Gasteiger partial charge on any atom is 0.251 e. The van der Waals surface area contributed by atoms with Gasteiger partial charge < -0.3 is 14.8 Å². The first-order chi connectivity index (χ1) is 12.7. The molecule has 1 amide bonds. The molecule has 0 bridgehead atoms. The van der Waals surface area contributed by atoms with Gasteiger partial charge in [-0.1, -0.05) is 12.1 Å². The van der Waals surface area contributed by atoms with E-state index < -0.39 is 0 Å². The van der Waals surface area contributed by atoms with Crippen LogP contribution in [-0.4, -0.2) is 46.4 Å². The number of aromatic nitrogens is 4. The van der Waals surface area contributed by atoms with E-state index in [0.717, 1.165) is 5.69 Å². The molecule has 0 aliphatic rings. The lowest BCUT2D eigenvalue weighted by molar-refractivity contribution is 0.0947. The van der Waals surface area contributed by atoms with E-state index in [0.29, 0.717) is 36.0 Å². The van der Waals surface area contributed by atoms with Crippen LogP contribution < -0.4 is 14.8 Å². The Hall–Kier alpha value is -3.42. The van der Waals surface area contributed by atoms with E-state index in [1.807, 2.05) is 31.2 Å². The van der Waals surface area contributed by atoms with Crippen molar-refractivity contribution in [1.82, 2.24) is 25.5 Å². The van der Waals surface area contributed by atoms with Crippen LogP contribution in [0.15, 0.2) is 48.5 Å². The predicted molar refractivity (Wildman–Crippen MR) is 94.7 cm³/mol. The number of para-hydroxylation sites is 2. The summed E-state index contributed by atoms with van der Waals surface area (Å²) in [5.41, 5.74) is 1.35. The van der Waals surface area contributed by atoms with Gasteiger partial charge in [-0.05, 0) is 53.7 Å². The number of aryl methyl sites for hydroxylation is 1. The fourth-order valence-corrected chi connectivity index (χ4v) is 2.39. The van der Waals surface area contributed by atoms with E-state index in [2.05, 4.69) is 20.8 Å². The fraction of sp³-hybridized carbons (Fsp3) is 0.222. The first-order valence-corrected chi connectivity index (χ1v) is 8.08. The SMILES string of the molecule is COc1ccccc1OCCNC(=O)c1ccc(-n2nnnc2C)cc1. The molecular formula is C18H19N5O3. The summed E-state index contributed by atoms with van der Waals surface area (Å²) in [5, 5.41) is 14.2. The van der Waals surface area contributed by atoms with Crippen LogP contribution in [-0.2, 0) is 0 Å². The number of nitrogens with zero attached hydrogens (tertiary/aromatic N) is 4. The molecule has 3 rings (SSSR count). The van der Waals surface area contributed by atoms with Crippen molar-refractivity contribution in [2.24, 2.45) is 0 Å². The van der Waals surface area contributed by atoms with Gasteiger partial charge in [0.1, 0.15) is 6.61 Å². The Morgan fingerprint density at radius 1 is 1.12 bits per heavy atom. The number of tetrazole rings is 1. The molecule has 0 atom stereocenters. The zero-order chi connectivity index (χ0) is 18.4. The van der Waals surface area contributed by atoms with E-state index in [1.54, 1.807) is 36.1 Å². The van der Waals surface area contributed by atoms with Gasteiger partial charge in [-0.2, -0.15) is 4.68 Å². The van der Waals surface area contributed by atoms with Gasteiger partial charge in [0.25, 0.3) is 5.91 Å². The smallest absolute Gasteiger partial charge is 0.251 e. The van der Waals surface area contributed by atoms with Crippen LogP contribution >= 0.6 is 0 Å². The molecule has 0 aliphatic heterocycles. The average Bonchev–Trinajstić information content (AvgIpc) is 3.11. The molecule has 0 unspecified atom stereocenters. The zero-order valence-corrected chi connectivity index (χ0v) is 14.5. The lowest BCUT2D eigenvalue weighted by Crippen LogP contribution is -2.28. The lowest BCUT2D eigenvalue weighted by atomic mass is 10.2. The van der Waals surface area contributed by atoms with Gasteiger partial charge in [0.2, 0.25) is 0 Å². The third-order valence-electron chi connectivity index (χ3n) is 3.71. The maximum atomic E-state index is 12.2. The highest BCUT2D eigenvalue weighted by atomic mass is 16.5. The average molecular weight is 353 g/mol. The van der Waals surface area contributed by atoms with Gasteiger partial charge in [-0.15, -0.1) is 5.10 Å². The molecule has 26 heavy (non-hydrogen) atoms. The van der Waals surface area contributed by atoms with Crippen molar-refractivity contribution in [3.63, 3.8) is 0 Å². The number of carbonyl (C=O) groups excluding carboxylic acids is 1. The third-order valence-corrected chi connectivity index (χ3v) is 3.71. The molecule has 8 heteroatoms. The minimum Gasteiger partial charge on any atom is -0.493 e. The highest BCUT2D eigenvalue weighted by Gasteiger charge is 2.08. The van der Waals surface area contributed by atoms with Crippen molar-refractivity contribution < 1.29 is 14.3 Å². The van der Waals surface area contributed by atoms with Crippen LogP contribution in [0.25, 0.3) is 5.69 Å². The Kier molecular flexibility index (Phi) is 5.43. The molecule has 1 aromatic heterocycles. The van der Waals surface area contributed by atoms with Crippen molar-refractivity contribution in [2.75, 3.05) is 20.3 Å². The normalized spacial score (nSPS) is 10.4. The fourth-order valence-electron chi connectivity index (χ4n) is 2.39. The number of hydrogen-bond donors (Lipinski definition) is 1. The van der Waals surface area contributed by atoms with Crippen LogP contribution in [0.3, 0.4) is 0 Å². The van der Waals surface area contributed by atoms with Crippen molar-refractivity contribution in [2.45, 2.75) is 6.92 Å². The van der Waals surface area contributed by atoms with Crippen LogP contribution in [0.5, 0.6) is 11.5 Å². The second-order valence-corrected chi connectivity index (χ2v) is 5.44. The molecule has 0 aliphatic carbocycles. The van der Waals surface area contributed by atoms with E-state index in [4.69, 9.17) is 9.47 Å². The number of ether oxygens (including phenoxy) is 2. The number of methoxy groups -OCH3 is 1.